The minimum atomic E-state index is -0.149. The van der Waals surface area contributed by atoms with Gasteiger partial charge in [0.05, 0.1) is 0 Å². The zero-order valence-electron chi connectivity index (χ0n) is 13.9. The summed E-state index contributed by atoms with van der Waals surface area (Å²) in [5, 5.41) is 9.18. The molecule has 0 unspecified atom stereocenters. The van der Waals surface area contributed by atoms with Crippen molar-refractivity contribution in [3.8, 4) is 0 Å². The number of nitrogens with zero attached hydrogens (tertiary/aromatic N) is 1. The van der Waals surface area contributed by atoms with Crippen LogP contribution >= 0.6 is 11.3 Å². The van der Waals surface area contributed by atoms with Crippen molar-refractivity contribution in [1.82, 2.24) is 15.5 Å². The molecule has 1 aromatic heterocycles. The Morgan fingerprint density at radius 3 is 2.83 bits per heavy atom. The molecule has 132 valence electrons. The Labute approximate surface area is 146 Å². The summed E-state index contributed by atoms with van der Waals surface area (Å²) in [6.45, 7) is 2.42. The Bertz CT molecular complexity index is 545. The van der Waals surface area contributed by atoms with Crippen molar-refractivity contribution in [2.24, 2.45) is 0 Å². The monoisotopic (exact) mass is 351 g/mol. The molecule has 0 aliphatic carbocycles. The molecule has 0 aromatic carbocycles. The molecule has 0 spiro atoms. The van der Waals surface area contributed by atoms with Crippen LogP contribution in [0.1, 0.15) is 48.9 Å². The Morgan fingerprint density at radius 1 is 1.17 bits per heavy atom. The second-order valence-corrected chi connectivity index (χ2v) is 6.69. The molecule has 1 saturated heterocycles. The van der Waals surface area contributed by atoms with Crippen LogP contribution < -0.4 is 10.6 Å². The van der Waals surface area contributed by atoms with Crippen LogP contribution in [0.3, 0.4) is 0 Å². The highest BCUT2D eigenvalue weighted by atomic mass is 32.1. The number of carbonyl (C=O) groups excluding carboxylic acids is 3. The van der Waals surface area contributed by atoms with Crippen molar-refractivity contribution in [2.45, 2.75) is 38.5 Å². The molecule has 1 fully saturated rings. The lowest BCUT2D eigenvalue weighted by Gasteiger charge is -2.20. The van der Waals surface area contributed by atoms with E-state index in [0.717, 1.165) is 32.2 Å². The minimum Gasteiger partial charge on any atom is -0.356 e. The predicted octanol–water partition coefficient (Wildman–Crippen LogP) is 1.78. The zero-order valence-corrected chi connectivity index (χ0v) is 14.7. The second kappa shape index (κ2) is 10.1. The molecule has 6 nitrogen and oxygen atoms in total. The van der Waals surface area contributed by atoms with Crippen molar-refractivity contribution < 1.29 is 14.4 Å². The number of amides is 3. The molecule has 2 N–H and O–H groups in total. The van der Waals surface area contributed by atoms with Crippen LogP contribution in [0, 0.1) is 0 Å². The lowest BCUT2D eigenvalue weighted by atomic mass is 10.2. The van der Waals surface area contributed by atoms with E-state index in [1.54, 1.807) is 11.4 Å². The van der Waals surface area contributed by atoms with Crippen LogP contribution in [0.2, 0.25) is 0 Å². The number of hydrogen-bond acceptors (Lipinski definition) is 4. The van der Waals surface area contributed by atoms with Crippen molar-refractivity contribution in [3.63, 3.8) is 0 Å². The van der Waals surface area contributed by atoms with Gasteiger partial charge in [-0.3, -0.25) is 14.4 Å². The first kappa shape index (κ1) is 18.4. The van der Waals surface area contributed by atoms with Crippen LogP contribution in [0.4, 0.5) is 0 Å². The maximum absolute atomic E-state index is 11.8. The summed E-state index contributed by atoms with van der Waals surface area (Å²) in [6.07, 6.45) is 4.86. The molecule has 0 atom stereocenters. The SMILES string of the molecule is O=C(CCNC(=O)c1ccsc1)NCCCN1CCCCCC1=O. The molecule has 1 aromatic rings. The summed E-state index contributed by atoms with van der Waals surface area (Å²) in [7, 11) is 0. The third-order valence-electron chi connectivity index (χ3n) is 4.02. The van der Waals surface area contributed by atoms with Crippen molar-refractivity contribution in [3.05, 3.63) is 22.4 Å². The smallest absolute Gasteiger partial charge is 0.252 e. The largest absolute Gasteiger partial charge is 0.356 e. The van der Waals surface area contributed by atoms with E-state index in [-0.39, 0.29) is 24.1 Å². The number of thiophene rings is 1. The van der Waals surface area contributed by atoms with Gasteiger partial charge in [0.25, 0.3) is 5.91 Å². The molecule has 0 bridgehead atoms. The first-order chi connectivity index (χ1) is 11.7. The van der Waals surface area contributed by atoms with Gasteiger partial charge in [-0.05, 0) is 30.7 Å². The molecule has 3 amide bonds. The van der Waals surface area contributed by atoms with Gasteiger partial charge in [-0.15, -0.1) is 0 Å². The Balaban J connectivity index is 1.53. The van der Waals surface area contributed by atoms with Crippen LogP contribution in [0.25, 0.3) is 0 Å². The quantitative estimate of drug-likeness (QED) is 0.701. The van der Waals surface area contributed by atoms with Gasteiger partial charge in [0, 0.05) is 50.0 Å². The van der Waals surface area contributed by atoms with E-state index in [1.165, 1.54) is 11.3 Å². The topological polar surface area (TPSA) is 78.5 Å². The van der Waals surface area contributed by atoms with Gasteiger partial charge in [0.1, 0.15) is 0 Å². The van der Waals surface area contributed by atoms with Crippen LogP contribution in [-0.4, -0.2) is 48.8 Å². The van der Waals surface area contributed by atoms with Gasteiger partial charge in [-0.25, -0.2) is 0 Å². The summed E-state index contributed by atoms with van der Waals surface area (Å²) in [5.74, 6) is 0.00140. The molecular formula is C17H25N3O3S. The fourth-order valence-electron chi connectivity index (χ4n) is 2.65. The summed E-state index contributed by atoms with van der Waals surface area (Å²) in [5.41, 5.74) is 0.627. The molecule has 7 heteroatoms. The van der Waals surface area contributed by atoms with Crippen LogP contribution in [0.5, 0.6) is 0 Å². The van der Waals surface area contributed by atoms with E-state index in [2.05, 4.69) is 10.6 Å². The van der Waals surface area contributed by atoms with Gasteiger partial charge in [-0.2, -0.15) is 11.3 Å². The Hall–Kier alpha value is -1.89. The van der Waals surface area contributed by atoms with E-state index in [4.69, 9.17) is 0 Å². The van der Waals surface area contributed by atoms with Gasteiger partial charge in [0.15, 0.2) is 0 Å². The summed E-state index contributed by atoms with van der Waals surface area (Å²) < 4.78 is 0. The molecule has 0 saturated carbocycles. The number of rotatable bonds is 8. The van der Waals surface area contributed by atoms with Gasteiger partial charge in [-0.1, -0.05) is 6.42 Å². The van der Waals surface area contributed by atoms with E-state index in [9.17, 15) is 14.4 Å². The highest BCUT2D eigenvalue weighted by molar-refractivity contribution is 7.08. The fourth-order valence-corrected chi connectivity index (χ4v) is 3.28. The minimum absolute atomic E-state index is 0.0807. The number of hydrogen-bond donors (Lipinski definition) is 2. The normalized spacial score (nSPS) is 15.0. The van der Waals surface area contributed by atoms with Crippen LogP contribution in [-0.2, 0) is 9.59 Å². The molecular weight excluding hydrogens is 326 g/mol. The molecule has 1 aliphatic rings. The molecule has 2 rings (SSSR count). The molecule has 2 heterocycles. The lowest BCUT2D eigenvalue weighted by Crippen LogP contribution is -2.35. The Kier molecular flexibility index (Phi) is 7.74. The lowest BCUT2D eigenvalue weighted by molar-refractivity contribution is -0.130. The Morgan fingerprint density at radius 2 is 2.04 bits per heavy atom. The maximum atomic E-state index is 11.8. The fraction of sp³-hybridized carbons (Fsp3) is 0.588. The van der Waals surface area contributed by atoms with E-state index in [0.29, 0.717) is 31.6 Å². The third-order valence-corrected chi connectivity index (χ3v) is 4.70. The average molecular weight is 351 g/mol. The van der Waals surface area contributed by atoms with E-state index >= 15 is 0 Å². The maximum Gasteiger partial charge on any atom is 0.252 e. The van der Waals surface area contributed by atoms with Gasteiger partial charge >= 0.3 is 0 Å². The standard InChI is InChI=1S/C17H25N3O3S/c21-15(6-9-19-17(23)14-7-12-24-13-14)18-8-4-11-20-10-3-1-2-5-16(20)22/h7,12-13H,1-6,8-11H2,(H,18,21)(H,19,23). The summed E-state index contributed by atoms with van der Waals surface area (Å²) in [4.78, 5) is 37.2. The predicted molar refractivity (Wildman–Crippen MR) is 93.9 cm³/mol. The summed E-state index contributed by atoms with van der Waals surface area (Å²) >= 11 is 1.47. The summed E-state index contributed by atoms with van der Waals surface area (Å²) in [6, 6.07) is 1.75. The van der Waals surface area contributed by atoms with Gasteiger partial charge in [0.2, 0.25) is 11.8 Å². The molecule has 24 heavy (non-hydrogen) atoms. The number of nitrogens with one attached hydrogen (secondary N) is 2. The average Bonchev–Trinajstić information content (AvgIpc) is 3.03. The van der Waals surface area contributed by atoms with Crippen molar-refractivity contribution >= 4 is 29.1 Å². The number of carbonyl (C=O) groups is 3. The first-order valence-corrected chi connectivity index (χ1v) is 9.46. The molecule has 1 aliphatic heterocycles. The van der Waals surface area contributed by atoms with E-state index in [1.807, 2.05) is 10.3 Å². The van der Waals surface area contributed by atoms with E-state index < -0.39 is 0 Å². The van der Waals surface area contributed by atoms with Gasteiger partial charge < -0.3 is 15.5 Å². The third kappa shape index (κ3) is 6.31. The van der Waals surface area contributed by atoms with Crippen molar-refractivity contribution in [1.29, 1.82) is 0 Å². The highest BCUT2D eigenvalue weighted by Gasteiger charge is 2.15. The van der Waals surface area contributed by atoms with Crippen molar-refractivity contribution in [2.75, 3.05) is 26.2 Å². The van der Waals surface area contributed by atoms with Crippen LogP contribution in [0.15, 0.2) is 16.8 Å². The zero-order chi connectivity index (χ0) is 17.2. The first-order valence-electron chi connectivity index (χ1n) is 8.51. The second-order valence-electron chi connectivity index (χ2n) is 5.91. The highest BCUT2D eigenvalue weighted by Crippen LogP contribution is 2.11. The number of likely N-dealkylation sites (tertiary alicyclic amines) is 1. The molecule has 0 radical (unpaired) electrons.